The van der Waals surface area contributed by atoms with Crippen LogP contribution in [0.3, 0.4) is 0 Å². The van der Waals surface area contributed by atoms with Crippen LogP contribution < -0.4 is 0 Å². The van der Waals surface area contributed by atoms with Crippen molar-refractivity contribution in [3.63, 3.8) is 0 Å². The fraction of sp³-hybridized carbons (Fsp3) is 0.833. The molecule has 0 saturated heterocycles. The molecular formula is C12H22O3. The molecule has 3 nitrogen and oxygen atoms in total. The van der Waals surface area contributed by atoms with Gasteiger partial charge < -0.3 is 9.53 Å². The van der Waals surface area contributed by atoms with Gasteiger partial charge in [-0.25, -0.2) is 0 Å². The maximum absolute atomic E-state index is 11.1. The van der Waals surface area contributed by atoms with Crippen molar-refractivity contribution in [1.82, 2.24) is 0 Å². The highest BCUT2D eigenvalue weighted by Gasteiger charge is 2.23. The molecule has 0 bridgehead atoms. The Labute approximate surface area is 92.2 Å². The smallest absolute Gasteiger partial charge is 0.305 e. The highest BCUT2D eigenvalue weighted by molar-refractivity contribution is 5.70. The summed E-state index contributed by atoms with van der Waals surface area (Å²) in [6.45, 7) is 6.20. The van der Waals surface area contributed by atoms with E-state index in [1.807, 2.05) is 6.92 Å². The third kappa shape index (κ3) is 6.26. The number of unbranched alkanes of at least 4 members (excludes halogenated alkanes) is 1. The zero-order valence-corrected chi connectivity index (χ0v) is 10.0. The largest absolute Gasteiger partial charge is 0.466 e. The van der Waals surface area contributed by atoms with E-state index >= 15 is 0 Å². The van der Waals surface area contributed by atoms with E-state index in [2.05, 4.69) is 6.92 Å². The first kappa shape index (κ1) is 14.1. The molecular weight excluding hydrogens is 192 g/mol. The SMILES string of the molecule is CCCCC(C)(C=O)CCC(=O)OCC. The minimum absolute atomic E-state index is 0.206. The van der Waals surface area contributed by atoms with Crippen LogP contribution >= 0.6 is 0 Å². The van der Waals surface area contributed by atoms with E-state index in [4.69, 9.17) is 4.74 Å². The van der Waals surface area contributed by atoms with Crippen LogP contribution in [0.25, 0.3) is 0 Å². The van der Waals surface area contributed by atoms with Gasteiger partial charge in [0.1, 0.15) is 6.29 Å². The van der Waals surface area contributed by atoms with Crippen LogP contribution in [0.2, 0.25) is 0 Å². The summed E-state index contributed by atoms with van der Waals surface area (Å²) in [7, 11) is 0. The summed E-state index contributed by atoms with van der Waals surface area (Å²) in [4.78, 5) is 22.1. The second kappa shape index (κ2) is 7.43. The molecule has 1 atom stereocenters. The number of aldehydes is 1. The Bertz CT molecular complexity index is 201. The highest BCUT2D eigenvalue weighted by atomic mass is 16.5. The van der Waals surface area contributed by atoms with E-state index in [0.29, 0.717) is 19.4 Å². The molecule has 0 fully saturated rings. The van der Waals surface area contributed by atoms with Crippen molar-refractivity contribution in [1.29, 1.82) is 0 Å². The molecule has 0 saturated carbocycles. The zero-order chi connectivity index (χ0) is 11.7. The molecule has 1 unspecified atom stereocenters. The van der Waals surface area contributed by atoms with E-state index < -0.39 is 0 Å². The van der Waals surface area contributed by atoms with E-state index in [1.165, 1.54) is 0 Å². The first-order valence-corrected chi connectivity index (χ1v) is 5.70. The van der Waals surface area contributed by atoms with Gasteiger partial charge >= 0.3 is 5.97 Å². The molecule has 0 amide bonds. The van der Waals surface area contributed by atoms with Gasteiger partial charge in [-0.1, -0.05) is 26.7 Å². The molecule has 0 N–H and O–H groups in total. The van der Waals surface area contributed by atoms with Gasteiger partial charge in [-0.15, -0.1) is 0 Å². The molecule has 0 aromatic heterocycles. The Morgan fingerprint density at radius 2 is 2.00 bits per heavy atom. The third-order valence-electron chi connectivity index (χ3n) is 2.59. The molecule has 0 heterocycles. The molecule has 0 radical (unpaired) electrons. The first-order chi connectivity index (χ1) is 7.08. The average Bonchev–Trinajstić information content (AvgIpc) is 2.24. The van der Waals surface area contributed by atoms with Crippen molar-refractivity contribution in [3.05, 3.63) is 0 Å². The van der Waals surface area contributed by atoms with Crippen molar-refractivity contribution < 1.29 is 14.3 Å². The molecule has 15 heavy (non-hydrogen) atoms. The Morgan fingerprint density at radius 1 is 1.33 bits per heavy atom. The average molecular weight is 214 g/mol. The molecule has 0 aromatic rings. The maximum atomic E-state index is 11.1. The molecule has 0 aliphatic carbocycles. The summed E-state index contributed by atoms with van der Waals surface area (Å²) in [5, 5.41) is 0. The van der Waals surface area contributed by atoms with Gasteiger partial charge in [-0.3, -0.25) is 4.79 Å². The van der Waals surface area contributed by atoms with E-state index in [0.717, 1.165) is 25.5 Å². The molecule has 0 aromatic carbocycles. The molecule has 0 aliphatic rings. The van der Waals surface area contributed by atoms with Crippen LogP contribution in [0.4, 0.5) is 0 Å². The lowest BCUT2D eigenvalue weighted by molar-refractivity contribution is -0.143. The summed E-state index contributed by atoms with van der Waals surface area (Å²) in [6.07, 6.45) is 4.86. The fourth-order valence-corrected chi connectivity index (χ4v) is 1.44. The Hall–Kier alpha value is -0.860. The Kier molecular flexibility index (Phi) is 7.01. The summed E-state index contributed by atoms with van der Waals surface area (Å²) < 4.78 is 4.83. The van der Waals surface area contributed by atoms with Gasteiger partial charge in [0.25, 0.3) is 0 Å². The lowest BCUT2D eigenvalue weighted by Gasteiger charge is -2.21. The van der Waals surface area contributed by atoms with Crippen molar-refractivity contribution >= 4 is 12.3 Å². The van der Waals surface area contributed by atoms with Gasteiger partial charge in [-0.2, -0.15) is 0 Å². The molecule has 88 valence electrons. The van der Waals surface area contributed by atoms with Gasteiger partial charge in [0.05, 0.1) is 6.61 Å². The van der Waals surface area contributed by atoms with Crippen molar-refractivity contribution in [2.45, 2.75) is 52.9 Å². The predicted octanol–water partition coefficient (Wildman–Crippen LogP) is 2.73. The summed E-state index contributed by atoms with van der Waals surface area (Å²) >= 11 is 0. The van der Waals surface area contributed by atoms with E-state index in [-0.39, 0.29) is 11.4 Å². The number of esters is 1. The van der Waals surface area contributed by atoms with E-state index in [9.17, 15) is 9.59 Å². The summed E-state index contributed by atoms with van der Waals surface area (Å²) in [5.41, 5.74) is -0.358. The lowest BCUT2D eigenvalue weighted by atomic mass is 9.82. The van der Waals surface area contributed by atoms with Crippen LogP contribution in [0.1, 0.15) is 52.9 Å². The van der Waals surface area contributed by atoms with E-state index in [1.54, 1.807) is 6.92 Å². The van der Waals surface area contributed by atoms with Crippen molar-refractivity contribution in [2.24, 2.45) is 5.41 Å². The van der Waals surface area contributed by atoms with Gasteiger partial charge in [0.2, 0.25) is 0 Å². The Balaban J connectivity index is 3.96. The lowest BCUT2D eigenvalue weighted by Crippen LogP contribution is -2.20. The minimum Gasteiger partial charge on any atom is -0.466 e. The fourth-order valence-electron chi connectivity index (χ4n) is 1.44. The number of carbonyl (C=O) groups excluding carboxylic acids is 2. The Morgan fingerprint density at radius 3 is 2.47 bits per heavy atom. The number of hydrogen-bond acceptors (Lipinski definition) is 3. The van der Waals surface area contributed by atoms with Crippen LogP contribution in [-0.4, -0.2) is 18.9 Å². The van der Waals surface area contributed by atoms with Gasteiger partial charge in [0.15, 0.2) is 0 Å². The van der Waals surface area contributed by atoms with Crippen molar-refractivity contribution in [2.75, 3.05) is 6.61 Å². The molecule has 0 aliphatic heterocycles. The third-order valence-corrected chi connectivity index (χ3v) is 2.59. The zero-order valence-electron chi connectivity index (χ0n) is 10.0. The summed E-state index contributed by atoms with van der Waals surface area (Å²) in [6, 6.07) is 0. The minimum atomic E-state index is -0.358. The highest BCUT2D eigenvalue weighted by Crippen LogP contribution is 2.27. The molecule has 3 heteroatoms. The quantitative estimate of drug-likeness (QED) is 0.461. The second-order valence-electron chi connectivity index (χ2n) is 4.18. The van der Waals surface area contributed by atoms with Crippen LogP contribution in [-0.2, 0) is 14.3 Å². The second-order valence-corrected chi connectivity index (χ2v) is 4.18. The van der Waals surface area contributed by atoms with Crippen LogP contribution in [0, 0.1) is 5.41 Å². The van der Waals surface area contributed by atoms with Crippen LogP contribution in [0.5, 0.6) is 0 Å². The number of hydrogen-bond donors (Lipinski definition) is 0. The maximum Gasteiger partial charge on any atom is 0.305 e. The number of rotatable bonds is 8. The van der Waals surface area contributed by atoms with Crippen LogP contribution in [0.15, 0.2) is 0 Å². The molecule has 0 spiro atoms. The number of carbonyl (C=O) groups is 2. The normalized spacial score (nSPS) is 14.3. The van der Waals surface area contributed by atoms with Crippen molar-refractivity contribution in [3.8, 4) is 0 Å². The first-order valence-electron chi connectivity index (χ1n) is 5.70. The van der Waals surface area contributed by atoms with Gasteiger partial charge in [-0.05, 0) is 19.8 Å². The monoisotopic (exact) mass is 214 g/mol. The predicted molar refractivity (Wildman–Crippen MR) is 59.6 cm³/mol. The standard InChI is InChI=1S/C12H22O3/c1-4-6-8-12(3,10-13)9-7-11(14)15-5-2/h10H,4-9H2,1-3H3. The summed E-state index contributed by atoms with van der Waals surface area (Å²) in [5.74, 6) is -0.206. The molecule has 0 rings (SSSR count). The topological polar surface area (TPSA) is 43.4 Å². The van der Waals surface area contributed by atoms with Gasteiger partial charge in [0, 0.05) is 11.8 Å². The number of ether oxygens (including phenoxy) is 1.